The highest BCUT2D eigenvalue weighted by atomic mass is 32.1. The lowest BCUT2D eigenvalue weighted by atomic mass is 10.0. The summed E-state index contributed by atoms with van der Waals surface area (Å²) in [5, 5.41) is 4.40. The van der Waals surface area contributed by atoms with Gasteiger partial charge in [0.2, 0.25) is 0 Å². The number of nitrogens with zero attached hydrogens (tertiary/aromatic N) is 2. The Balaban J connectivity index is 2.37. The number of benzene rings is 1. The number of aromatic nitrogens is 2. The van der Waals surface area contributed by atoms with Gasteiger partial charge in [0.1, 0.15) is 0 Å². The van der Waals surface area contributed by atoms with Gasteiger partial charge in [-0.15, -0.1) is 12.6 Å². The van der Waals surface area contributed by atoms with Crippen molar-refractivity contribution in [2.75, 3.05) is 0 Å². The molecule has 4 heteroatoms. The van der Waals surface area contributed by atoms with Crippen LogP contribution in [-0.2, 0) is 6.42 Å². The third-order valence-corrected chi connectivity index (χ3v) is 3.21. The van der Waals surface area contributed by atoms with E-state index in [0.717, 1.165) is 17.8 Å². The topological polar surface area (TPSA) is 17.8 Å². The number of rotatable bonds is 2. The Labute approximate surface area is 112 Å². The lowest BCUT2D eigenvalue weighted by Crippen LogP contribution is -2.06. The van der Waals surface area contributed by atoms with Crippen LogP contribution in [0.5, 0.6) is 0 Å². The van der Waals surface area contributed by atoms with Crippen LogP contribution in [0.4, 0.5) is 0 Å². The molecule has 0 saturated heterocycles. The minimum atomic E-state index is 0.491. The van der Waals surface area contributed by atoms with Crippen LogP contribution in [0, 0.1) is 13.8 Å². The Morgan fingerprint density at radius 1 is 1.29 bits per heavy atom. The number of aryl methyl sites for hydroxylation is 1. The second-order valence-electron chi connectivity index (χ2n) is 4.01. The molecule has 0 fully saturated rings. The Bertz CT molecular complexity index is 544. The molecule has 0 amide bonds. The van der Waals surface area contributed by atoms with Crippen LogP contribution in [-0.4, -0.2) is 14.1 Å². The first kappa shape index (κ1) is 12.3. The van der Waals surface area contributed by atoms with Crippen molar-refractivity contribution in [3.05, 3.63) is 52.8 Å². The third kappa shape index (κ3) is 2.58. The van der Waals surface area contributed by atoms with Crippen molar-refractivity contribution in [3.8, 4) is 0 Å². The first-order valence-electron chi connectivity index (χ1n) is 5.42. The SMILES string of the molecule is Cc1nn(C(=S)S)c(C)c1Cc1ccccc1. The van der Waals surface area contributed by atoms with Gasteiger partial charge in [-0.3, -0.25) is 0 Å². The molecule has 0 N–H and O–H groups in total. The minimum Gasteiger partial charge on any atom is -0.220 e. The third-order valence-electron chi connectivity index (χ3n) is 2.85. The molecule has 0 radical (unpaired) electrons. The average Bonchev–Trinajstić information content (AvgIpc) is 2.58. The zero-order valence-electron chi connectivity index (χ0n) is 9.84. The monoisotopic (exact) mass is 262 g/mol. The van der Waals surface area contributed by atoms with E-state index in [1.807, 2.05) is 32.0 Å². The van der Waals surface area contributed by atoms with Crippen molar-refractivity contribution in [2.45, 2.75) is 20.3 Å². The van der Waals surface area contributed by atoms with E-state index in [4.69, 9.17) is 12.2 Å². The van der Waals surface area contributed by atoms with E-state index in [0.29, 0.717) is 4.32 Å². The van der Waals surface area contributed by atoms with Gasteiger partial charge in [-0.2, -0.15) is 5.10 Å². The first-order valence-corrected chi connectivity index (χ1v) is 6.27. The fourth-order valence-corrected chi connectivity index (χ4v) is 2.29. The normalized spacial score (nSPS) is 10.5. The maximum absolute atomic E-state index is 5.05. The van der Waals surface area contributed by atoms with Crippen LogP contribution in [0.15, 0.2) is 30.3 Å². The quantitative estimate of drug-likeness (QED) is 0.662. The van der Waals surface area contributed by atoms with Gasteiger partial charge < -0.3 is 0 Å². The van der Waals surface area contributed by atoms with E-state index in [1.54, 1.807) is 4.68 Å². The molecule has 0 atom stereocenters. The molecule has 1 heterocycles. The van der Waals surface area contributed by atoms with E-state index in [-0.39, 0.29) is 0 Å². The first-order chi connectivity index (χ1) is 8.09. The smallest absolute Gasteiger partial charge is 0.158 e. The molecule has 0 saturated carbocycles. The molecular weight excluding hydrogens is 248 g/mol. The van der Waals surface area contributed by atoms with Gasteiger partial charge in [-0.05, 0) is 19.4 Å². The van der Waals surface area contributed by atoms with Gasteiger partial charge >= 0.3 is 0 Å². The lowest BCUT2D eigenvalue weighted by Gasteiger charge is -2.03. The summed E-state index contributed by atoms with van der Waals surface area (Å²) in [6, 6.07) is 10.4. The van der Waals surface area contributed by atoms with Gasteiger partial charge in [0.15, 0.2) is 4.32 Å². The van der Waals surface area contributed by atoms with Crippen molar-refractivity contribution in [1.29, 1.82) is 0 Å². The molecular formula is C13H14N2S2. The molecule has 2 nitrogen and oxygen atoms in total. The summed E-state index contributed by atoms with van der Waals surface area (Å²) in [4.78, 5) is 0. The zero-order valence-corrected chi connectivity index (χ0v) is 11.6. The molecule has 0 bridgehead atoms. The highest BCUT2D eigenvalue weighted by molar-refractivity contribution is 8.11. The fourth-order valence-electron chi connectivity index (χ4n) is 1.92. The second-order valence-corrected chi connectivity index (χ2v) is 5.12. The summed E-state index contributed by atoms with van der Waals surface area (Å²) in [6.45, 7) is 4.04. The molecule has 2 rings (SSSR count). The Kier molecular flexibility index (Phi) is 3.64. The summed E-state index contributed by atoms with van der Waals surface area (Å²) in [7, 11) is 0. The van der Waals surface area contributed by atoms with Crippen LogP contribution in [0.2, 0.25) is 0 Å². The summed E-state index contributed by atoms with van der Waals surface area (Å²) in [6.07, 6.45) is 0.884. The average molecular weight is 262 g/mol. The molecule has 1 aromatic heterocycles. The molecule has 0 aliphatic carbocycles. The van der Waals surface area contributed by atoms with E-state index in [2.05, 4.69) is 29.9 Å². The second kappa shape index (κ2) is 5.02. The van der Waals surface area contributed by atoms with Crippen LogP contribution in [0.25, 0.3) is 0 Å². The highest BCUT2D eigenvalue weighted by Crippen LogP contribution is 2.18. The molecule has 88 valence electrons. The van der Waals surface area contributed by atoms with Gasteiger partial charge in [-0.25, -0.2) is 4.68 Å². The van der Waals surface area contributed by atoms with Gasteiger partial charge in [0, 0.05) is 17.7 Å². The van der Waals surface area contributed by atoms with E-state index in [1.165, 1.54) is 11.1 Å². The van der Waals surface area contributed by atoms with Crippen molar-refractivity contribution in [3.63, 3.8) is 0 Å². The zero-order chi connectivity index (χ0) is 12.4. The maximum atomic E-state index is 5.05. The predicted molar refractivity (Wildman–Crippen MR) is 77.9 cm³/mol. The maximum Gasteiger partial charge on any atom is 0.158 e. The standard InChI is InChI=1S/C13H14N2S2/c1-9-12(8-11-6-4-3-5-7-11)10(2)15(14-9)13(16)17/h3-7H,8H2,1-2H3,(H,16,17). The predicted octanol–water partition coefficient (Wildman–Crippen LogP) is 3.15. The summed E-state index contributed by atoms with van der Waals surface area (Å²) >= 11 is 9.23. The van der Waals surface area contributed by atoms with Crippen molar-refractivity contribution >= 4 is 29.2 Å². The van der Waals surface area contributed by atoms with E-state index < -0.39 is 0 Å². The molecule has 0 aliphatic heterocycles. The Hall–Kier alpha value is -1.13. The van der Waals surface area contributed by atoms with Crippen molar-refractivity contribution < 1.29 is 0 Å². The van der Waals surface area contributed by atoms with Crippen LogP contribution in [0.3, 0.4) is 0 Å². The number of hydrogen-bond acceptors (Lipinski definition) is 2. The van der Waals surface area contributed by atoms with Gasteiger partial charge in [0.05, 0.1) is 5.69 Å². The minimum absolute atomic E-state index is 0.491. The van der Waals surface area contributed by atoms with Crippen molar-refractivity contribution in [1.82, 2.24) is 9.78 Å². The molecule has 1 aromatic carbocycles. The summed E-state index contributed by atoms with van der Waals surface area (Å²) in [5.74, 6) is 0. The Morgan fingerprint density at radius 2 is 1.94 bits per heavy atom. The Morgan fingerprint density at radius 3 is 2.47 bits per heavy atom. The molecule has 0 aliphatic rings. The van der Waals surface area contributed by atoms with Crippen molar-refractivity contribution in [2.24, 2.45) is 0 Å². The molecule has 0 spiro atoms. The molecule has 17 heavy (non-hydrogen) atoms. The number of thiocarbonyl (C=S) groups is 1. The molecule has 2 aromatic rings. The number of thiol groups is 1. The summed E-state index contributed by atoms with van der Waals surface area (Å²) in [5.41, 5.74) is 4.60. The largest absolute Gasteiger partial charge is 0.220 e. The highest BCUT2D eigenvalue weighted by Gasteiger charge is 2.12. The summed E-state index contributed by atoms with van der Waals surface area (Å²) < 4.78 is 2.20. The number of hydrogen-bond donors (Lipinski definition) is 1. The van der Waals surface area contributed by atoms with Crippen LogP contribution < -0.4 is 0 Å². The van der Waals surface area contributed by atoms with E-state index >= 15 is 0 Å². The van der Waals surface area contributed by atoms with Crippen LogP contribution >= 0.6 is 24.8 Å². The lowest BCUT2D eigenvalue weighted by molar-refractivity contribution is 0.906. The van der Waals surface area contributed by atoms with Gasteiger partial charge in [-0.1, -0.05) is 42.5 Å². The van der Waals surface area contributed by atoms with Crippen LogP contribution in [0.1, 0.15) is 22.5 Å². The fraction of sp³-hybridized carbons (Fsp3) is 0.231. The van der Waals surface area contributed by atoms with Gasteiger partial charge in [0.25, 0.3) is 0 Å². The molecule has 0 unspecified atom stereocenters. The van der Waals surface area contributed by atoms with E-state index in [9.17, 15) is 0 Å².